The highest BCUT2D eigenvalue weighted by Gasteiger charge is 2.18. The highest BCUT2D eigenvalue weighted by molar-refractivity contribution is 9.10. The summed E-state index contributed by atoms with van der Waals surface area (Å²) in [5.41, 5.74) is 2.03. The lowest BCUT2D eigenvalue weighted by Crippen LogP contribution is -2.17. The minimum Gasteiger partial charge on any atom is -0.305 e. The molecule has 0 radical (unpaired) electrons. The van der Waals surface area contributed by atoms with Crippen molar-refractivity contribution in [2.45, 2.75) is 13.3 Å². The number of amides is 1. The maximum atomic E-state index is 12.6. The second-order valence-electron chi connectivity index (χ2n) is 4.65. The molecule has 3 heterocycles. The van der Waals surface area contributed by atoms with E-state index in [1.807, 2.05) is 31.3 Å². The van der Waals surface area contributed by atoms with Crippen LogP contribution in [-0.4, -0.2) is 20.3 Å². The number of imidazole rings is 1. The number of hydrogen-bond donors (Lipinski definition) is 1. The first-order valence-corrected chi connectivity index (χ1v) is 8.26. The lowest BCUT2D eigenvalue weighted by Gasteiger charge is -2.06. The maximum absolute atomic E-state index is 12.6. The molecule has 112 valence electrons. The maximum Gasteiger partial charge on any atom is 0.275 e. The van der Waals surface area contributed by atoms with Gasteiger partial charge in [0.15, 0.2) is 0 Å². The third-order valence-corrected chi connectivity index (χ3v) is 4.11. The van der Waals surface area contributed by atoms with Crippen molar-refractivity contribution in [3.8, 4) is 0 Å². The standard InChI is InChI=1S/C15H12Br2N4O/c1-2-11-14(21-8-10(17)4-6-13(21)19-11)15(22)20-12-5-3-9(16)7-18-12/h3-8H,2H2,1H3,(H,18,20,22). The van der Waals surface area contributed by atoms with E-state index in [-0.39, 0.29) is 5.91 Å². The molecule has 22 heavy (non-hydrogen) atoms. The molecule has 7 heteroatoms. The third-order valence-electron chi connectivity index (χ3n) is 3.17. The van der Waals surface area contributed by atoms with E-state index in [0.717, 1.165) is 20.3 Å². The van der Waals surface area contributed by atoms with Crippen LogP contribution in [0.5, 0.6) is 0 Å². The molecule has 0 aromatic carbocycles. The Kier molecular flexibility index (Phi) is 4.26. The van der Waals surface area contributed by atoms with Gasteiger partial charge in [-0.2, -0.15) is 0 Å². The Labute approximate surface area is 144 Å². The number of nitrogens with one attached hydrogen (secondary N) is 1. The molecule has 0 aliphatic rings. The third kappa shape index (κ3) is 2.91. The number of anilines is 1. The van der Waals surface area contributed by atoms with E-state index in [2.05, 4.69) is 47.1 Å². The number of hydrogen-bond acceptors (Lipinski definition) is 3. The number of fused-ring (bicyclic) bond motifs is 1. The summed E-state index contributed by atoms with van der Waals surface area (Å²) in [6, 6.07) is 7.35. The van der Waals surface area contributed by atoms with Crippen molar-refractivity contribution in [1.29, 1.82) is 0 Å². The highest BCUT2D eigenvalue weighted by atomic mass is 79.9. The van der Waals surface area contributed by atoms with Crippen LogP contribution in [0.2, 0.25) is 0 Å². The van der Waals surface area contributed by atoms with E-state index in [1.165, 1.54) is 0 Å². The number of rotatable bonds is 3. The Hall–Kier alpha value is -1.73. The summed E-state index contributed by atoms with van der Waals surface area (Å²) < 4.78 is 3.53. The van der Waals surface area contributed by atoms with E-state index < -0.39 is 0 Å². The number of aromatic nitrogens is 3. The SMILES string of the molecule is CCc1nc2ccc(Br)cn2c1C(=O)Nc1ccc(Br)cn1. The fourth-order valence-electron chi connectivity index (χ4n) is 2.18. The van der Waals surface area contributed by atoms with Crippen molar-refractivity contribution in [2.24, 2.45) is 0 Å². The largest absolute Gasteiger partial charge is 0.305 e. The van der Waals surface area contributed by atoms with Crippen molar-refractivity contribution >= 4 is 49.2 Å². The Morgan fingerprint density at radius 1 is 1.23 bits per heavy atom. The van der Waals surface area contributed by atoms with Crippen molar-refractivity contribution in [1.82, 2.24) is 14.4 Å². The zero-order valence-corrected chi connectivity index (χ0v) is 14.8. The van der Waals surface area contributed by atoms with Gasteiger partial charge >= 0.3 is 0 Å². The molecular formula is C15H12Br2N4O. The van der Waals surface area contributed by atoms with Crippen LogP contribution >= 0.6 is 31.9 Å². The van der Waals surface area contributed by atoms with Crippen molar-refractivity contribution in [2.75, 3.05) is 5.32 Å². The Balaban J connectivity index is 2.02. The van der Waals surface area contributed by atoms with Crippen LogP contribution in [0.25, 0.3) is 5.65 Å². The second kappa shape index (κ2) is 6.18. The molecule has 0 fully saturated rings. The van der Waals surface area contributed by atoms with Crippen LogP contribution in [-0.2, 0) is 6.42 Å². The average molecular weight is 424 g/mol. The monoisotopic (exact) mass is 422 g/mol. The smallest absolute Gasteiger partial charge is 0.275 e. The number of aryl methyl sites for hydroxylation is 1. The summed E-state index contributed by atoms with van der Waals surface area (Å²) in [5.74, 6) is 0.275. The molecule has 0 saturated carbocycles. The zero-order chi connectivity index (χ0) is 15.7. The van der Waals surface area contributed by atoms with E-state index in [9.17, 15) is 4.79 Å². The first kappa shape index (κ1) is 15.2. The fourth-order valence-corrected chi connectivity index (χ4v) is 2.75. The van der Waals surface area contributed by atoms with Gasteiger partial charge in [-0.15, -0.1) is 0 Å². The minimum atomic E-state index is -0.225. The van der Waals surface area contributed by atoms with Crippen LogP contribution in [0.4, 0.5) is 5.82 Å². The van der Waals surface area contributed by atoms with Crippen LogP contribution < -0.4 is 5.32 Å². The molecule has 3 aromatic rings. The predicted octanol–water partition coefficient (Wildman–Crippen LogP) is 4.07. The lowest BCUT2D eigenvalue weighted by molar-refractivity contribution is 0.102. The van der Waals surface area contributed by atoms with E-state index >= 15 is 0 Å². The molecule has 0 spiro atoms. The number of carbonyl (C=O) groups excluding carboxylic acids is 1. The summed E-state index contributed by atoms with van der Waals surface area (Å²) in [7, 11) is 0. The van der Waals surface area contributed by atoms with Crippen molar-refractivity contribution in [3.05, 3.63) is 57.0 Å². The molecule has 1 N–H and O–H groups in total. The topological polar surface area (TPSA) is 59.3 Å². The molecule has 0 aliphatic heterocycles. The number of pyridine rings is 2. The van der Waals surface area contributed by atoms with Gasteiger partial charge in [-0.3, -0.25) is 9.20 Å². The summed E-state index contributed by atoms with van der Waals surface area (Å²) in [6.07, 6.45) is 4.16. The van der Waals surface area contributed by atoms with Gasteiger partial charge in [0.25, 0.3) is 5.91 Å². The number of carbonyl (C=O) groups is 1. The first-order chi connectivity index (χ1) is 10.6. The number of halogens is 2. The fraction of sp³-hybridized carbons (Fsp3) is 0.133. The molecule has 5 nitrogen and oxygen atoms in total. The van der Waals surface area contributed by atoms with Crippen LogP contribution in [0, 0.1) is 0 Å². The normalized spacial score (nSPS) is 10.9. The van der Waals surface area contributed by atoms with Gasteiger partial charge in [-0.25, -0.2) is 9.97 Å². The lowest BCUT2D eigenvalue weighted by atomic mass is 10.2. The molecule has 3 rings (SSSR count). The molecule has 3 aromatic heterocycles. The van der Waals surface area contributed by atoms with Gasteiger partial charge in [0.2, 0.25) is 0 Å². The quantitative estimate of drug-likeness (QED) is 0.690. The zero-order valence-electron chi connectivity index (χ0n) is 11.7. The minimum absolute atomic E-state index is 0.225. The van der Waals surface area contributed by atoms with Gasteiger partial charge in [0.1, 0.15) is 17.2 Å². The van der Waals surface area contributed by atoms with Gasteiger partial charge in [-0.1, -0.05) is 6.92 Å². The van der Waals surface area contributed by atoms with E-state index in [0.29, 0.717) is 17.9 Å². The highest BCUT2D eigenvalue weighted by Crippen LogP contribution is 2.19. The van der Waals surface area contributed by atoms with Gasteiger partial charge in [0, 0.05) is 21.3 Å². The first-order valence-electron chi connectivity index (χ1n) is 6.68. The molecule has 0 atom stereocenters. The Morgan fingerprint density at radius 2 is 2.00 bits per heavy atom. The van der Waals surface area contributed by atoms with Crippen molar-refractivity contribution < 1.29 is 4.79 Å². The van der Waals surface area contributed by atoms with Crippen molar-refractivity contribution in [3.63, 3.8) is 0 Å². The van der Waals surface area contributed by atoms with E-state index in [1.54, 1.807) is 16.7 Å². The molecule has 0 bridgehead atoms. The summed E-state index contributed by atoms with van der Waals surface area (Å²) in [4.78, 5) is 21.3. The molecular weight excluding hydrogens is 412 g/mol. The summed E-state index contributed by atoms with van der Waals surface area (Å²) in [6.45, 7) is 1.98. The average Bonchev–Trinajstić information content (AvgIpc) is 2.87. The van der Waals surface area contributed by atoms with Crippen LogP contribution in [0.3, 0.4) is 0 Å². The molecule has 1 amide bonds. The van der Waals surface area contributed by atoms with Gasteiger partial charge in [0.05, 0.1) is 5.69 Å². The summed E-state index contributed by atoms with van der Waals surface area (Å²) >= 11 is 6.74. The Bertz CT molecular complexity index is 843. The Morgan fingerprint density at radius 3 is 2.68 bits per heavy atom. The second-order valence-corrected chi connectivity index (χ2v) is 6.48. The summed E-state index contributed by atoms with van der Waals surface area (Å²) in [5, 5.41) is 2.81. The van der Waals surface area contributed by atoms with Crippen LogP contribution in [0.15, 0.2) is 45.6 Å². The van der Waals surface area contributed by atoms with Crippen LogP contribution in [0.1, 0.15) is 23.1 Å². The molecule has 0 unspecified atom stereocenters. The predicted molar refractivity (Wildman–Crippen MR) is 92.2 cm³/mol. The van der Waals surface area contributed by atoms with Gasteiger partial charge < -0.3 is 5.32 Å². The van der Waals surface area contributed by atoms with Gasteiger partial charge in [-0.05, 0) is 62.5 Å². The number of nitrogens with zero attached hydrogens (tertiary/aromatic N) is 3. The van der Waals surface area contributed by atoms with E-state index in [4.69, 9.17) is 0 Å². The molecule has 0 saturated heterocycles. The molecule has 0 aliphatic carbocycles.